The van der Waals surface area contributed by atoms with Crippen molar-refractivity contribution in [3.63, 3.8) is 0 Å². The van der Waals surface area contributed by atoms with Gasteiger partial charge in [0.15, 0.2) is 0 Å². The molecule has 0 spiro atoms. The summed E-state index contributed by atoms with van der Waals surface area (Å²) in [6, 6.07) is 187. The summed E-state index contributed by atoms with van der Waals surface area (Å²) in [5.74, 6) is 0. The highest BCUT2D eigenvalue weighted by Gasteiger charge is 2.28. The largest absolute Gasteiger partial charge is 0.310 e. The van der Waals surface area contributed by atoms with E-state index in [0.29, 0.717) is 0 Å². The summed E-state index contributed by atoms with van der Waals surface area (Å²) in [6.07, 6.45) is 0. The van der Waals surface area contributed by atoms with Gasteiger partial charge in [0.25, 0.3) is 0 Å². The van der Waals surface area contributed by atoms with Crippen molar-refractivity contribution in [3.8, 4) is 22.5 Å². The molecule has 3 aromatic heterocycles. The fraction of sp³-hybridized carbons (Fsp3) is 0. The molecule has 0 N–H and O–H groups in total. The molecule has 0 aliphatic rings. The predicted octanol–water partition coefficient (Wildman–Crippen LogP) is 34.4. The van der Waals surface area contributed by atoms with Crippen LogP contribution < -0.4 is 29.4 Å². The lowest BCUT2D eigenvalue weighted by Gasteiger charge is -2.33. The van der Waals surface area contributed by atoms with Crippen molar-refractivity contribution < 1.29 is 0 Å². The minimum Gasteiger partial charge on any atom is -0.310 e. The summed E-state index contributed by atoms with van der Waals surface area (Å²) in [5, 5.41) is 7.39. The fourth-order valence-electron chi connectivity index (χ4n) is 18.4. The molecule has 0 aliphatic heterocycles. The zero-order chi connectivity index (χ0) is 85.8. The third kappa shape index (κ3) is 15.4. The molecule has 0 unspecified atom stereocenters. The molecule has 8 nitrogen and oxygen atoms in total. The number of hydrogen-bond donors (Lipinski definition) is 0. The van der Waals surface area contributed by atoms with Gasteiger partial charge in [-0.1, -0.05) is 291 Å². The second-order valence-electron chi connectivity index (χ2n) is 32.1. The average molecular weight is 1670 g/mol. The van der Waals surface area contributed by atoms with E-state index in [4.69, 9.17) is 0 Å². The van der Waals surface area contributed by atoms with Crippen LogP contribution in [0.15, 0.2) is 522 Å². The summed E-state index contributed by atoms with van der Waals surface area (Å²) in [4.78, 5) is 14.3. The maximum Gasteiger partial charge on any atom is 0.0561 e. The Hall–Kier alpha value is -17.0. The van der Waals surface area contributed by atoms with E-state index in [1.54, 1.807) is 0 Å². The molecule has 612 valence electrons. The molecule has 23 rings (SSSR count). The van der Waals surface area contributed by atoms with Crippen LogP contribution in [0.3, 0.4) is 0 Å². The highest BCUT2D eigenvalue weighted by molar-refractivity contribution is 7.25. The first kappa shape index (κ1) is 78.0. The van der Waals surface area contributed by atoms with Crippen molar-refractivity contribution in [3.05, 3.63) is 522 Å². The third-order valence-electron chi connectivity index (χ3n) is 24.2. The van der Waals surface area contributed by atoms with Gasteiger partial charge in [-0.15, -0.1) is 11.3 Å². The first-order valence-corrected chi connectivity index (χ1v) is 44.6. The number of benzene rings is 20. The van der Waals surface area contributed by atoms with Crippen molar-refractivity contribution in [1.29, 1.82) is 0 Å². The summed E-state index contributed by atoms with van der Waals surface area (Å²) in [6.45, 7) is 0. The van der Waals surface area contributed by atoms with Crippen LogP contribution in [0.2, 0.25) is 0 Å². The van der Waals surface area contributed by atoms with Crippen molar-refractivity contribution in [2.75, 3.05) is 29.4 Å². The standard InChI is InChI=1S/C60H42N4S.C60H44N4/c1-6-20-43(21-7-1)61(44-22-8-2-9-23-44)50-38-51(40-52(39-50)63(46-26-12-4-13-27-46)49-35-37-56-55-31-17-19-33-59(55)65-60(56)42-49)62(45-24-10-3-11-25-45)48-34-36-54-53-30-16-18-32-57(53)64(58(54)41-48)47-28-14-5-15-29-47;1-7-21-45(22-8-1)46-35-37-52(38-36-46)63(53-39-40-60-58(44-53)57-33-19-20-34-59(57)64(60)51-31-17-6-18-32-51)56-42-54(61(47-23-9-2-10-24-47)48-25-11-3-12-26-48)41-55(43-56)62(49-27-13-4-14-28-49)50-29-15-5-16-30-50/h1-42H;1-44H. The molecule has 23 aromatic rings. The Morgan fingerprint density at radius 3 is 0.760 bits per heavy atom. The molecule has 9 heteroatoms. The summed E-state index contributed by atoms with van der Waals surface area (Å²) in [7, 11) is 0. The van der Waals surface area contributed by atoms with Gasteiger partial charge in [-0.05, 0) is 242 Å². The van der Waals surface area contributed by atoms with Crippen molar-refractivity contribution in [2.45, 2.75) is 0 Å². The highest BCUT2D eigenvalue weighted by atomic mass is 32.1. The lowest BCUT2D eigenvalue weighted by atomic mass is 10.0. The summed E-state index contributed by atoms with van der Waals surface area (Å²) < 4.78 is 7.32. The quantitative estimate of drug-likeness (QED) is 0.0712. The molecule has 0 radical (unpaired) electrons. The molecule has 129 heavy (non-hydrogen) atoms. The van der Waals surface area contributed by atoms with Gasteiger partial charge < -0.3 is 38.5 Å². The van der Waals surface area contributed by atoms with Crippen LogP contribution in [0.5, 0.6) is 0 Å². The monoisotopic (exact) mass is 1670 g/mol. The molecule has 3 heterocycles. The number of para-hydroxylation sites is 12. The Labute approximate surface area is 754 Å². The van der Waals surface area contributed by atoms with Gasteiger partial charge in [0.05, 0.1) is 56.2 Å². The molecule has 0 fully saturated rings. The molecule has 0 bridgehead atoms. The lowest BCUT2D eigenvalue weighted by Crippen LogP contribution is -2.16. The number of anilines is 18. The Morgan fingerprint density at radius 1 is 0.132 bits per heavy atom. The van der Waals surface area contributed by atoms with Gasteiger partial charge in [0.1, 0.15) is 0 Å². The van der Waals surface area contributed by atoms with Gasteiger partial charge in [0, 0.05) is 121 Å². The van der Waals surface area contributed by atoms with E-state index in [0.717, 1.165) is 125 Å². The predicted molar refractivity (Wildman–Crippen MR) is 548 cm³/mol. The number of rotatable bonds is 21. The fourth-order valence-corrected chi connectivity index (χ4v) is 19.6. The average Bonchev–Trinajstić information content (AvgIpc) is 1.64. The van der Waals surface area contributed by atoms with Gasteiger partial charge in [0.2, 0.25) is 0 Å². The third-order valence-corrected chi connectivity index (χ3v) is 25.3. The van der Waals surface area contributed by atoms with E-state index < -0.39 is 0 Å². The van der Waals surface area contributed by atoms with Crippen molar-refractivity contribution >= 4 is 177 Å². The summed E-state index contributed by atoms with van der Waals surface area (Å²) in [5.41, 5.74) is 28.2. The van der Waals surface area contributed by atoms with Crippen molar-refractivity contribution in [1.82, 2.24) is 9.13 Å². The molecule has 0 saturated heterocycles. The van der Waals surface area contributed by atoms with Crippen LogP contribution in [-0.4, -0.2) is 9.13 Å². The number of hydrogen-bond acceptors (Lipinski definition) is 7. The first-order chi connectivity index (χ1) is 64.0. The first-order valence-electron chi connectivity index (χ1n) is 43.8. The van der Waals surface area contributed by atoms with Crippen LogP contribution >= 0.6 is 11.3 Å². The topological polar surface area (TPSA) is 29.3 Å². The van der Waals surface area contributed by atoms with E-state index in [9.17, 15) is 0 Å². The molecular formula is C120H86N8S. The Kier molecular flexibility index (Phi) is 21.2. The van der Waals surface area contributed by atoms with Gasteiger partial charge >= 0.3 is 0 Å². The zero-order valence-electron chi connectivity index (χ0n) is 70.6. The van der Waals surface area contributed by atoms with E-state index in [1.165, 1.54) is 63.9 Å². The van der Waals surface area contributed by atoms with E-state index in [1.807, 2.05) is 11.3 Å². The maximum atomic E-state index is 2.41. The Bertz CT molecular complexity index is 7620. The van der Waals surface area contributed by atoms with Gasteiger partial charge in [-0.3, -0.25) is 0 Å². The van der Waals surface area contributed by atoms with Crippen LogP contribution in [-0.2, 0) is 0 Å². The zero-order valence-corrected chi connectivity index (χ0v) is 71.5. The smallest absolute Gasteiger partial charge is 0.0561 e. The Balaban J connectivity index is 0.000000152. The minimum absolute atomic E-state index is 1.01. The molecule has 0 saturated carbocycles. The molecule has 0 aliphatic carbocycles. The highest BCUT2D eigenvalue weighted by Crippen LogP contribution is 2.52. The Morgan fingerprint density at radius 2 is 0.372 bits per heavy atom. The van der Waals surface area contributed by atoms with Crippen LogP contribution in [0, 0.1) is 0 Å². The minimum atomic E-state index is 1.01. The normalized spacial score (nSPS) is 11.3. The number of aromatic nitrogens is 2. The number of nitrogens with zero attached hydrogens (tertiary/aromatic N) is 8. The van der Waals surface area contributed by atoms with E-state index >= 15 is 0 Å². The van der Waals surface area contributed by atoms with Gasteiger partial charge in [-0.2, -0.15) is 0 Å². The summed E-state index contributed by atoms with van der Waals surface area (Å²) >= 11 is 1.85. The molecule has 0 atom stereocenters. The van der Waals surface area contributed by atoms with Gasteiger partial charge in [-0.25, -0.2) is 0 Å². The lowest BCUT2D eigenvalue weighted by molar-refractivity contribution is 1.18. The second kappa shape index (κ2) is 35.0. The van der Waals surface area contributed by atoms with E-state index in [-0.39, 0.29) is 0 Å². The second-order valence-corrected chi connectivity index (χ2v) is 33.2. The van der Waals surface area contributed by atoms with Crippen LogP contribution in [0.25, 0.3) is 86.3 Å². The van der Waals surface area contributed by atoms with E-state index in [2.05, 4.69) is 560 Å². The van der Waals surface area contributed by atoms with Crippen molar-refractivity contribution in [2.24, 2.45) is 0 Å². The number of fused-ring (bicyclic) bond motifs is 9. The number of thiophene rings is 1. The molecule has 20 aromatic carbocycles. The SMILES string of the molecule is c1ccc(-c2ccc(N(c3cc(N(c4ccccc4)c4ccccc4)cc(N(c4ccccc4)c4ccccc4)c3)c3ccc4c(c3)c3ccccc3n4-c3ccccc3)cc2)cc1.c1ccc(N(c2ccccc2)c2cc(N(c3ccccc3)c3ccc4c(c3)sc3ccccc34)cc(N(c3ccccc3)c3ccc4c5ccccc5n(-c5ccccc5)c4c3)c2)cc1. The van der Waals surface area contributed by atoms with Crippen LogP contribution in [0.4, 0.5) is 102 Å². The molecule has 0 amide bonds. The molecular weight excluding hydrogens is 1590 g/mol. The maximum absolute atomic E-state index is 2.41. The van der Waals surface area contributed by atoms with Crippen LogP contribution in [0.1, 0.15) is 0 Å².